The molecular formula is C12H21BrN4. The van der Waals surface area contributed by atoms with Crippen molar-refractivity contribution in [1.29, 1.82) is 0 Å². The van der Waals surface area contributed by atoms with Gasteiger partial charge in [0.05, 0.1) is 15.9 Å². The van der Waals surface area contributed by atoms with Crippen LogP contribution in [-0.2, 0) is 13.6 Å². The molecule has 2 heterocycles. The molecule has 0 bridgehead atoms. The zero-order valence-electron chi connectivity index (χ0n) is 10.8. The van der Waals surface area contributed by atoms with Crippen molar-refractivity contribution in [2.45, 2.75) is 32.4 Å². The number of likely N-dealkylation sites (tertiary alicyclic amines) is 1. The minimum absolute atomic E-state index is 0.697. The van der Waals surface area contributed by atoms with Gasteiger partial charge in [-0.25, -0.2) is 0 Å². The second-order valence-corrected chi connectivity index (χ2v) is 5.67. The SMILES string of the molecule is Cc1nn(C)c(CNCC2CCCN2C)c1Br. The topological polar surface area (TPSA) is 33.1 Å². The first-order chi connectivity index (χ1) is 8.09. The Morgan fingerprint density at radius 2 is 2.24 bits per heavy atom. The predicted octanol–water partition coefficient (Wildman–Crippen LogP) is 1.67. The molecule has 0 aromatic carbocycles. The van der Waals surface area contributed by atoms with E-state index in [1.807, 2.05) is 18.7 Å². The summed E-state index contributed by atoms with van der Waals surface area (Å²) in [5.41, 5.74) is 2.28. The maximum Gasteiger partial charge on any atom is 0.0739 e. The van der Waals surface area contributed by atoms with Crippen LogP contribution in [-0.4, -0.2) is 40.9 Å². The third kappa shape index (κ3) is 2.89. The van der Waals surface area contributed by atoms with Gasteiger partial charge in [0.2, 0.25) is 0 Å². The van der Waals surface area contributed by atoms with Crippen LogP contribution >= 0.6 is 15.9 Å². The van der Waals surface area contributed by atoms with E-state index in [1.54, 1.807) is 0 Å². The highest BCUT2D eigenvalue weighted by Crippen LogP contribution is 2.20. The molecule has 1 aromatic rings. The van der Waals surface area contributed by atoms with Gasteiger partial charge in [-0.3, -0.25) is 4.68 Å². The molecule has 17 heavy (non-hydrogen) atoms. The summed E-state index contributed by atoms with van der Waals surface area (Å²) in [5.74, 6) is 0. The molecule has 0 radical (unpaired) electrons. The molecule has 1 N–H and O–H groups in total. The fourth-order valence-corrected chi connectivity index (χ4v) is 2.94. The fourth-order valence-electron chi connectivity index (χ4n) is 2.47. The molecule has 4 nitrogen and oxygen atoms in total. The average molecular weight is 301 g/mol. The van der Waals surface area contributed by atoms with Crippen LogP contribution in [0.1, 0.15) is 24.2 Å². The highest BCUT2D eigenvalue weighted by molar-refractivity contribution is 9.10. The Kier molecular flexibility index (Phi) is 4.22. The molecule has 1 saturated heterocycles. The number of aromatic nitrogens is 2. The number of hydrogen-bond donors (Lipinski definition) is 1. The Hall–Kier alpha value is -0.390. The number of halogens is 1. The molecule has 96 valence electrons. The van der Waals surface area contributed by atoms with Crippen molar-refractivity contribution in [2.24, 2.45) is 7.05 Å². The highest BCUT2D eigenvalue weighted by Gasteiger charge is 2.20. The smallest absolute Gasteiger partial charge is 0.0739 e. The van der Waals surface area contributed by atoms with Crippen molar-refractivity contribution in [3.8, 4) is 0 Å². The molecular weight excluding hydrogens is 280 g/mol. The van der Waals surface area contributed by atoms with Gasteiger partial charge < -0.3 is 10.2 Å². The van der Waals surface area contributed by atoms with Gasteiger partial charge in [-0.1, -0.05) is 0 Å². The Morgan fingerprint density at radius 3 is 2.76 bits per heavy atom. The number of aryl methyl sites for hydroxylation is 2. The summed E-state index contributed by atoms with van der Waals surface area (Å²) in [6, 6.07) is 0.697. The average Bonchev–Trinajstić information content (AvgIpc) is 2.78. The summed E-state index contributed by atoms with van der Waals surface area (Å²) >= 11 is 3.59. The maximum atomic E-state index is 4.40. The van der Waals surface area contributed by atoms with Gasteiger partial charge >= 0.3 is 0 Å². The van der Waals surface area contributed by atoms with Gasteiger partial charge in [-0.2, -0.15) is 5.10 Å². The second-order valence-electron chi connectivity index (χ2n) is 4.88. The lowest BCUT2D eigenvalue weighted by atomic mass is 10.2. The van der Waals surface area contributed by atoms with Crippen LogP contribution in [0, 0.1) is 6.92 Å². The Labute approximate surface area is 111 Å². The first-order valence-electron chi connectivity index (χ1n) is 6.18. The van der Waals surface area contributed by atoms with Crippen molar-refractivity contribution in [3.63, 3.8) is 0 Å². The van der Waals surface area contributed by atoms with Crippen molar-refractivity contribution in [2.75, 3.05) is 20.1 Å². The molecule has 0 saturated carbocycles. The standard InChI is InChI=1S/C12H21BrN4/c1-9-12(13)11(17(3)15-9)8-14-7-10-5-4-6-16(10)2/h10,14H,4-8H2,1-3H3. The summed E-state index contributed by atoms with van der Waals surface area (Å²) in [6.45, 7) is 5.20. The number of hydrogen-bond acceptors (Lipinski definition) is 3. The monoisotopic (exact) mass is 300 g/mol. The molecule has 1 atom stereocenters. The van der Waals surface area contributed by atoms with Gasteiger partial charge in [-0.05, 0) is 49.3 Å². The summed E-state index contributed by atoms with van der Waals surface area (Å²) in [5, 5.41) is 7.93. The van der Waals surface area contributed by atoms with E-state index >= 15 is 0 Å². The predicted molar refractivity (Wildman–Crippen MR) is 73.0 cm³/mol. The third-order valence-electron chi connectivity index (χ3n) is 3.61. The number of likely N-dealkylation sites (N-methyl/N-ethyl adjacent to an activating group) is 1. The van der Waals surface area contributed by atoms with Crippen LogP contribution < -0.4 is 5.32 Å². The normalized spacial score (nSPS) is 21.3. The van der Waals surface area contributed by atoms with E-state index in [0.29, 0.717) is 6.04 Å². The first-order valence-corrected chi connectivity index (χ1v) is 6.98. The van der Waals surface area contributed by atoms with Crippen LogP contribution in [0.25, 0.3) is 0 Å². The molecule has 1 fully saturated rings. The molecule has 2 rings (SSSR count). The summed E-state index contributed by atoms with van der Waals surface area (Å²) in [7, 11) is 4.21. The second kappa shape index (κ2) is 5.50. The summed E-state index contributed by atoms with van der Waals surface area (Å²) in [4.78, 5) is 2.44. The lowest BCUT2D eigenvalue weighted by Gasteiger charge is -2.19. The summed E-state index contributed by atoms with van der Waals surface area (Å²) in [6.07, 6.45) is 2.65. The van der Waals surface area contributed by atoms with Crippen LogP contribution in [0.3, 0.4) is 0 Å². The number of nitrogens with one attached hydrogen (secondary N) is 1. The van der Waals surface area contributed by atoms with Crippen LogP contribution in [0.2, 0.25) is 0 Å². The zero-order chi connectivity index (χ0) is 12.4. The Balaban J connectivity index is 1.85. The molecule has 0 spiro atoms. The van der Waals surface area contributed by atoms with Crippen molar-refractivity contribution < 1.29 is 0 Å². The minimum Gasteiger partial charge on any atom is -0.310 e. The van der Waals surface area contributed by atoms with Crippen molar-refractivity contribution >= 4 is 15.9 Å². The van der Waals surface area contributed by atoms with E-state index < -0.39 is 0 Å². The lowest BCUT2D eigenvalue weighted by molar-refractivity contribution is 0.299. The quantitative estimate of drug-likeness (QED) is 0.918. The lowest BCUT2D eigenvalue weighted by Crippen LogP contribution is -2.35. The molecule has 1 aromatic heterocycles. The number of nitrogens with zero attached hydrogens (tertiary/aromatic N) is 3. The molecule has 0 amide bonds. The Bertz CT molecular complexity index is 388. The molecule has 5 heteroatoms. The van der Waals surface area contributed by atoms with Crippen molar-refractivity contribution in [3.05, 3.63) is 15.9 Å². The van der Waals surface area contributed by atoms with E-state index in [2.05, 4.69) is 38.3 Å². The highest BCUT2D eigenvalue weighted by atomic mass is 79.9. The van der Waals surface area contributed by atoms with Crippen LogP contribution in [0.15, 0.2) is 4.47 Å². The van der Waals surface area contributed by atoms with E-state index in [-0.39, 0.29) is 0 Å². The van der Waals surface area contributed by atoms with Gasteiger partial charge in [-0.15, -0.1) is 0 Å². The molecule has 1 aliphatic rings. The van der Waals surface area contributed by atoms with E-state index in [9.17, 15) is 0 Å². The van der Waals surface area contributed by atoms with E-state index in [4.69, 9.17) is 0 Å². The van der Waals surface area contributed by atoms with Crippen molar-refractivity contribution in [1.82, 2.24) is 20.0 Å². The zero-order valence-corrected chi connectivity index (χ0v) is 12.4. The minimum atomic E-state index is 0.697. The van der Waals surface area contributed by atoms with Gasteiger partial charge in [0.1, 0.15) is 0 Å². The van der Waals surface area contributed by atoms with Gasteiger partial charge in [0, 0.05) is 26.2 Å². The van der Waals surface area contributed by atoms with Crippen LogP contribution in [0.5, 0.6) is 0 Å². The fraction of sp³-hybridized carbons (Fsp3) is 0.750. The molecule has 1 aliphatic heterocycles. The summed E-state index contributed by atoms with van der Waals surface area (Å²) < 4.78 is 3.08. The maximum absolute atomic E-state index is 4.40. The largest absolute Gasteiger partial charge is 0.310 e. The molecule has 1 unspecified atom stereocenters. The van der Waals surface area contributed by atoms with E-state index in [0.717, 1.165) is 23.3 Å². The number of rotatable bonds is 4. The van der Waals surface area contributed by atoms with Crippen LogP contribution in [0.4, 0.5) is 0 Å². The first kappa shape index (κ1) is 13.1. The van der Waals surface area contributed by atoms with Gasteiger partial charge in [0.25, 0.3) is 0 Å². The Morgan fingerprint density at radius 1 is 1.47 bits per heavy atom. The van der Waals surface area contributed by atoms with Gasteiger partial charge in [0.15, 0.2) is 0 Å². The third-order valence-corrected chi connectivity index (χ3v) is 4.64. The molecule has 0 aliphatic carbocycles. The van der Waals surface area contributed by atoms with E-state index in [1.165, 1.54) is 25.1 Å².